The third kappa shape index (κ3) is 4.63. The Morgan fingerprint density at radius 3 is 2.79 bits per heavy atom. The predicted molar refractivity (Wildman–Crippen MR) is 114 cm³/mol. The summed E-state index contributed by atoms with van der Waals surface area (Å²) in [4.78, 5) is 9.23. The van der Waals surface area contributed by atoms with Gasteiger partial charge in [0.05, 0.1) is 23.3 Å². The van der Waals surface area contributed by atoms with E-state index in [1.54, 1.807) is 11.8 Å². The van der Waals surface area contributed by atoms with Gasteiger partial charge < -0.3 is 13.8 Å². The van der Waals surface area contributed by atoms with Gasteiger partial charge in [-0.25, -0.2) is 4.98 Å². The summed E-state index contributed by atoms with van der Waals surface area (Å²) in [6.45, 7) is 5.18. The summed E-state index contributed by atoms with van der Waals surface area (Å²) >= 11 is 7.73. The molecule has 1 unspecified atom stereocenters. The van der Waals surface area contributed by atoms with Gasteiger partial charge in [-0.15, -0.1) is 0 Å². The molecule has 0 bridgehead atoms. The second-order valence-corrected chi connectivity index (χ2v) is 7.91. The van der Waals surface area contributed by atoms with Gasteiger partial charge >= 0.3 is 0 Å². The smallest absolute Gasteiger partial charge is 0.237 e. The molecule has 0 aliphatic carbocycles. The quantitative estimate of drug-likeness (QED) is 0.345. The molecule has 0 aliphatic heterocycles. The largest absolute Gasteiger partial charge is 0.371 e. The first-order chi connectivity index (χ1) is 14.1. The lowest BCUT2D eigenvalue weighted by Gasteiger charge is -2.08. The Labute approximate surface area is 178 Å². The number of thioether (sulfide) groups is 1. The van der Waals surface area contributed by atoms with Crippen LogP contribution in [0.2, 0.25) is 5.02 Å². The standard InChI is InChI=1S/C21H21ClN4O2S/c1-3-27-14(2)20-24-19(28-25-20)13-29-21-23-17-11-16(22)9-10-18(17)26(21)12-15-7-5-4-6-8-15/h4-11,14H,3,12-13H2,1-2H3. The molecule has 0 radical (unpaired) electrons. The first kappa shape index (κ1) is 19.9. The van der Waals surface area contributed by atoms with E-state index in [0.29, 0.717) is 29.1 Å². The molecular weight excluding hydrogens is 408 g/mol. The molecule has 4 aromatic rings. The van der Waals surface area contributed by atoms with E-state index in [1.165, 1.54) is 5.56 Å². The molecule has 1 atom stereocenters. The lowest BCUT2D eigenvalue weighted by atomic mass is 10.2. The molecule has 0 N–H and O–H groups in total. The van der Waals surface area contributed by atoms with Gasteiger partial charge in [0.25, 0.3) is 0 Å². The van der Waals surface area contributed by atoms with Gasteiger partial charge in [0.2, 0.25) is 5.89 Å². The van der Waals surface area contributed by atoms with Crippen molar-refractivity contribution in [1.29, 1.82) is 0 Å². The number of hydrogen-bond donors (Lipinski definition) is 0. The number of benzene rings is 2. The van der Waals surface area contributed by atoms with E-state index < -0.39 is 0 Å². The fraction of sp³-hybridized carbons (Fsp3) is 0.286. The molecule has 0 aliphatic rings. The first-order valence-corrected chi connectivity index (χ1v) is 10.8. The van der Waals surface area contributed by atoms with Crippen molar-refractivity contribution in [3.8, 4) is 0 Å². The van der Waals surface area contributed by atoms with Crippen molar-refractivity contribution in [2.75, 3.05) is 6.61 Å². The van der Waals surface area contributed by atoms with Crippen LogP contribution in [0.1, 0.15) is 37.2 Å². The van der Waals surface area contributed by atoms with E-state index in [1.807, 2.05) is 50.2 Å². The Hall–Kier alpha value is -2.35. The second kappa shape index (κ2) is 8.98. The molecule has 4 rings (SSSR count). The number of imidazole rings is 1. The molecule has 0 saturated heterocycles. The zero-order valence-electron chi connectivity index (χ0n) is 16.2. The van der Waals surface area contributed by atoms with Gasteiger partial charge in [0.1, 0.15) is 6.10 Å². The number of aromatic nitrogens is 4. The van der Waals surface area contributed by atoms with Crippen LogP contribution in [0, 0.1) is 0 Å². The molecule has 6 nitrogen and oxygen atoms in total. The first-order valence-electron chi connectivity index (χ1n) is 9.40. The van der Waals surface area contributed by atoms with Crippen LogP contribution in [-0.2, 0) is 17.0 Å². The van der Waals surface area contributed by atoms with Crippen LogP contribution in [0.15, 0.2) is 58.2 Å². The maximum Gasteiger partial charge on any atom is 0.237 e. The Morgan fingerprint density at radius 2 is 2.00 bits per heavy atom. The van der Waals surface area contributed by atoms with Crippen LogP contribution in [0.5, 0.6) is 0 Å². The topological polar surface area (TPSA) is 66.0 Å². The lowest BCUT2D eigenvalue weighted by Crippen LogP contribution is -2.02. The number of nitrogens with zero attached hydrogens (tertiary/aromatic N) is 4. The van der Waals surface area contributed by atoms with Gasteiger partial charge in [0.15, 0.2) is 11.0 Å². The lowest BCUT2D eigenvalue weighted by molar-refractivity contribution is 0.0683. The van der Waals surface area contributed by atoms with Crippen molar-refractivity contribution < 1.29 is 9.26 Å². The molecule has 0 fully saturated rings. The number of fused-ring (bicyclic) bond motifs is 1. The van der Waals surface area contributed by atoms with E-state index in [9.17, 15) is 0 Å². The predicted octanol–water partition coefficient (Wildman–Crippen LogP) is 5.51. The second-order valence-electron chi connectivity index (χ2n) is 6.53. The van der Waals surface area contributed by atoms with Gasteiger partial charge in [-0.1, -0.05) is 58.9 Å². The minimum Gasteiger partial charge on any atom is -0.371 e. The molecule has 0 saturated carbocycles. The van der Waals surface area contributed by atoms with Crippen LogP contribution in [0.4, 0.5) is 0 Å². The molecule has 0 amide bonds. The van der Waals surface area contributed by atoms with Crippen LogP contribution >= 0.6 is 23.4 Å². The van der Waals surface area contributed by atoms with Crippen molar-refractivity contribution in [3.05, 3.63) is 70.8 Å². The summed E-state index contributed by atoms with van der Waals surface area (Å²) in [5.41, 5.74) is 3.11. The van der Waals surface area contributed by atoms with Crippen molar-refractivity contribution in [2.45, 2.75) is 37.4 Å². The molecule has 2 aromatic carbocycles. The fourth-order valence-electron chi connectivity index (χ4n) is 3.05. The number of halogens is 1. The third-order valence-electron chi connectivity index (χ3n) is 4.45. The molecule has 8 heteroatoms. The van der Waals surface area contributed by atoms with Crippen LogP contribution in [0.25, 0.3) is 11.0 Å². The van der Waals surface area contributed by atoms with Gasteiger partial charge in [0, 0.05) is 11.6 Å². The van der Waals surface area contributed by atoms with E-state index in [2.05, 4.69) is 26.8 Å². The van der Waals surface area contributed by atoms with Crippen molar-refractivity contribution >= 4 is 34.4 Å². The highest BCUT2D eigenvalue weighted by molar-refractivity contribution is 7.98. The molecule has 150 valence electrons. The van der Waals surface area contributed by atoms with Crippen molar-refractivity contribution in [3.63, 3.8) is 0 Å². The SMILES string of the molecule is CCOC(C)c1noc(CSc2nc3cc(Cl)ccc3n2Cc2ccccc2)n1. The summed E-state index contributed by atoms with van der Waals surface area (Å²) < 4.78 is 13.1. The van der Waals surface area contributed by atoms with E-state index in [4.69, 9.17) is 25.8 Å². The van der Waals surface area contributed by atoms with Crippen LogP contribution < -0.4 is 0 Å². The minimum absolute atomic E-state index is 0.188. The molecule has 0 spiro atoms. The highest BCUT2D eigenvalue weighted by Crippen LogP contribution is 2.29. The average Bonchev–Trinajstić information content (AvgIpc) is 3.32. The van der Waals surface area contributed by atoms with Gasteiger partial charge in [-0.05, 0) is 37.6 Å². The van der Waals surface area contributed by atoms with E-state index in [0.717, 1.165) is 22.7 Å². The van der Waals surface area contributed by atoms with Gasteiger partial charge in [-0.3, -0.25) is 0 Å². The monoisotopic (exact) mass is 428 g/mol. The summed E-state index contributed by atoms with van der Waals surface area (Å²) in [6.07, 6.45) is -0.188. The van der Waals surface area contributed by atoms with Crippen molar-refractivity contribution in [1.82, 2.24) is 19.7 Å². The summed E-state index contributed by atoms with van der Waals surface area (Å²) in [6, 6.07) is 16.1. The van der Waals surface area contributed by atoms with Crippen LogP contribution in [0.3, 0.4) is 0 Å². The molecular formula is C21H21ClN4O2S. The van der Waals surface area contributed by atoms with Gasteiger partial charge in [-0.2, -0.15) is 4.98 Å². The number of ether oxygens (including phenoxy) is 1. The third-order valence-corrected chi connectivity index (χ3v) is 5.64. The zero-order chi connectivity index (χ0) is 20.2. The fourth-order valence-corrected chi connectivity index (χ4v) is 4.07. The Morgan fingerprint density at radius 1 is 1.17 bits per heavy atom. The number of hydrogen-bond acceptors (Lipinski definition) is 6. The molecule has 2 aromatic heterocycles. The highest BCUT2D eigenvalue weighted by Gasteiger charge is 2.17. The summed E-state index contributed by atoms with van der Waals surface area (Å²) in [7, 11) is 0. The summed E-state index contributed by atoms with van der Waals surface area (Å²) in [5.74, 6) is 1.64. The van der Waals surface area contributed by atoms with E-state index >= 15 is 0 Å². The minimum atomic E-state index is -0.188. The maximum absolute atomic E-state index is 6.17. The normalized spacial score (nSPS) is 12.5. The Bertz CT molecular complexity index is 1100. The number of rotatable bonds is 8. The molecule has 29 heavy (non-hydrogen) atoms. The maximum atomic E-state index is 6.17. The molecule has 2 heterocycles. The highest BCUT2D eigenvalue weighted by atomic mass is 35.5. The van der Waals surface area contributed by atoms with Crippen molar-refractivity contribution in [2.24, 2.45) is 0 Å². The average molecular weight is 429 g/mol. The Balaban J connectivity index is 1.58. The summed E-state index contributed by atoms with van der Waals surface area (Å²) in [5, 5.41) is 5.57. The Kier molecular flexibility index (Phi) is 6.18. The van der Waals surface area contributed by atoms with E-state index in [-0.39, 0.29) is 6.10 Å². The zero-order valence-corrected chi connectivity index (χ0v) is 17.8. The van der Waals surface area contributed by atoms with Crippen LogP contribution in [-0.4, -0.2) is 26.3 Å².